The van der Waals surface area contributed by atoms with Crippen LogP contribution in [0.5, 0.6) is 11.5 Å². The maximum Gasteiger partial charge on any atom is 0.341 e. The zero-order valence-corrected chi connectivity index (χ0v) is 22.6. The van der Waals surface area contributed by atoms with Crippen molar-refractivity contribution in [2.75, 3.05) is 13.2 Å². The molecule has 2 N–H and O–H groups in total. The number of rotatable bonds is 5. The normalized spacial score (nSPS) is 11.1. The quantitative estimate of drug-likeness (QED) is 0.181. The third-order valence-corrected chi connectivity index (χ3v) is 6.73. The predicted octanol–water partition coefficient (Wildman–Crippen LogP) is 6.63. The van der Waals surface area contributed by atoms with Gasteiger partial charge in [0.1, 0.15) is 22.6 Å². The number of aromatic hydroxyl groups is 2. The van der Waals surface area contributed by atoms with Crippen LogP contribution in [0, 0.1) is 7.14 Å². The minimum atomic E-state index is -0.679. The number of phenols is 2. The van der Waals surface area contributed by atoms with Crippen LogP contribution in [0.1, 0.15) is 34.6 Å². The Hall–Kier alpha value is -2.60. The topological polar surface area (TPSA) is 93.1 Å². The van der Waals surface area contributed by atoms with Crippen LogP contribution in [0.2, 0.25) is 0 Å². The Morgan fingerprint density at radius 3 is 1.44 bits per heavy atom. The Morgan fingerprint density at radius 1 is 0.706 bits per heavy atom. The SMILES string of the molecule is CCOC(=O)c1cc2cc(I)ccc2c(-c2c(O)c(C(=O)OCC)cc3cc(I)ccc23)c1O. The lowest BCUT2D eigenvalue weighted by Crippen LogP contribution is -2.07. The number of halogens is 2. The van der Waals surface area contributed by atoms with E-state index >= 15 is 0 Å². The van der Waals surface area contributed by atoms with Gasteiger partial charge in [0.25, 0.3) is 0 Å². The summed E-state index contributed by atoms with van der Waals surface area (Å²) < 4.78 is 12.2. The average Bonchev–Trinajstić information content (AvgIpc) is 2.79. The zero-order chi connectivity index (χ0) is 24.6. The van der Waals surface area contributed by atoms with Gasteiger partial charge in [-0.05, 0) is 117 Å². The molecule has 0 heterocycles. The van der Waals surface area contributed by atoms with E-state index in [0.717, 1.165) is 7.14 Å². The van der Waals surface area contributed by atoms with Crippen molar-refractivity contribution >= 4 is 78.7 Å². The van der Waals surface area contributed by atoms with Gasteiger partial charge in [0.05, 0.1) is 13.2 Å². The van der Waals surface area contributed by atoms with Crippen molar-refractivity contribution in [1.29, 1.82) is 0 Å². The number of fused-ring (bicyclic) bond motifs is 2. The molecular weight excluding hydrogens is 662 g/mol. The Bertz CT molecular complexity index is 1350. The summed E-state index contributed by atoms with van der Waals surface area (Å²) in [5, 5.41) is 25.3. The van der Waals surface area contributed by atoms with Gasteiger partial charge in [-0.3, -0.25) is 0 Å². The van der Waals surface area contributed by atoms with Crippen LogP contribution in [-0.4, -0.2) is 35.4 Å². The van der Waals surface area contributed by atoms with Gasteiger partial charge in [-0.15, -0.1) is 0 Å². The van der Waals surface area contributed by atoms with Gasteiger partial charge in [-0.25, -0.2) is 9.59 Å². The number of benzene rings is 4. The number of hydrogen-bond acceptors (Lipinski definition) is 6. The molecule has 0 aliphatic rings. The van der Waals surface area contributed by atoms with Crippen molar-refractivity contribution in [2.24, 2.45) is 0 Å². The minimum absolute atomic E-state index is 0.0223. The van der Waals surface area contributed by atoms with E-state index in [1.165, 1.54) is 0 Å². The third kappa shape index (κ3) is 4.40. The number of carbonyl (C=O) groups is 2. The Morgan fingerprint density at radius 2 is 1.09 bits per heavy atom. The fourth-order valence-corrected chi connectivity index (χ4v) is 5.00. The molecule has 0 aliphatic heterocycles. The summed E-state index contributed by atoms with van der Waals surface area (Å²) in [5.41, 5.74) is 0.440. The van der Waals surface area contributed by atoms with Gasteiger partial charge in [-0.1, -0.05) is 12.1 Å². The summed E-state index contributed by atoms with van der Waals surface area (Å²) in [7, 11) is 0. The second kappa shape index (κ2) is 9.95. The van der Waals surface area contributed by atoms with Crippen molar-refractivity contribution in [1.82, 2.24) is 0 Å². The molecule has 0 unspecified atom stereocenters. The van der Waals surface area contributed by atoms with Crippen LogP contribution < -0.4 is 0 Å². The first-order valence-corrected chi connectivity index (χ1v) is 12.7. The fourth-order valence-electron chi connectivity index (χ4n) is 3.97. The highest BCUT2D eigenvalue weighted by Gasteiger charge is 2.27. The monoisotopic (exact) mass is 682 g/mol. The molecule has 0 aliphatic carbocycles. The summed E-state index contributed by atoms with van der Waals surface area (Å²) in [4.78, 5) is 25.4. The summed E-state index contributed by atoms with van der Waals surface area (Å²) in [6.45, 7) is 3.65. The highest BCUT2D eigenvalue weighted by Crippen LogP contribution is 2.48. The van der Waals surface area contributed by atoms with Crippen LogP contribution in [0.25, 0.3) is 32.7 Å². The van der Waals surface area contributed by atoms with E-state index in [9.17, 15) is 19.8 Å². The molecule has 174 valence electrons. The largest absolute Gasteiger partial charge is 0.506 e. The molecule has 0 spiro atoms. The number of phenolic OH excluding ortho intramolecular Hbond substituents is 2. The van der Waals surface area contributed by atoms with Crippen LogP contribution >= 0.6 is 45.2 Å². The van der Waals surface area contributed by atoms with E-state index in [-0.39, 0.29) is 47.0 Å². The van der Waals surface area contributed by atoms with Gasteiger partial charge in [-0.2, -0.15) is 0 Å². The molecule has 0 radical (unpaired) electrons. The first kappa shape index (κ1) is 24.5. The summed E-state index contributed by atoms with van der Waals surface area (Å²) in [6.07, 6.45) is 0. The Labute approximate surface area is 223 Å². The highest BCUT2D eigenvalue weighted by molar-refractivity contribution is 14.1. The standard InChI is InChI=1S/C26H20I2O6/c1-3-33-25(31)19-11-13-9-15(27)5-7-17(13)21(23(19)29)22-18-8-6-16(28)10-14(18)12-20(24(22)30)26(32)34-4-2/h5-12,29-30H,3-4H2,1-2H3. The number of carbonyl (C=O) groups excluding carboxylic acids is 2. The van der Waals surface area contributed by atoms with E-state index in [2.05, 4.69) is 45.2 Å². The van der Waals surface area contributed by atoms with Crippen molar-refractivity contribution < 1.29 is 29.3 Å². The molecule has 6 nitrogen and oxygen atoms in total. The lowest BCUT2D eigenvalue weighted by atomic mass is 9.89. The maximum atomic E-state index is 12.7. The lowest BCUT2D eigenvalue weighted by molar-refractivity contribution is 0.0513. The van der Waals surface area contributed by atoms with E-state index < -0.39 is 11.9 Å². The molecule has 0 bridgehead atoms. The first-order chi connectivity index (χ1) is 16.3. The maximum absolute atomic E-state index is 12.7. The van der Waals surface area contributed by atoms with Gasteiger partial charge < -0.3 is 19.7 Å². The fraction of sp³-hybridized carbons (Fsp3) is 0.154. The minimum Gasteiger partial charge on any atom is -0.506 e. The van der Waals surface area contributed by atoms with E-state index in [0.29, 0.717) is 21.5 Å². The van der Waals surface area contributed by atoms with E-state index in [4.69, 9.17) is 9.47 Å². The molecule has 4 aromatic carbocycles. The van der Waals surface area contributed by atoms with Gasteiger partial charge in [0.15, 0.2) is 0 Å². The summed E-state index contributed by atoms with van der Waals surface area (Å²) in [5.74, 6) is -2.02. The molecular formula is C26H20I2O6. The van der Waals surface area contributed by atoms with Crippen LogP contribution in [0.3, 0.4) is 0 Å². The van der Waals surface area contributed by atoms with Crippen molar-refractivity contribution in [3.05, 3.63) is 66.8 Å². The Balaban J connectivity index is 2.19. The molecule has 0 atom stereocenters. The molecule has 4 aromatic rings. The van der Waals surface area contributed by atoms with Gasteiger partial charge in [0, 0.05) is 18.3 Å². The second-order valence-electron chi connectivity index (χ2n) is 7.47. The van der Waals surface area contributed by atoms with E-state index in [1.807, 2.05) is 36.4 Å². The molecule has 0 saturated heterocycles. The van der Waals surface area contributed by atoms with Crippen LogP contribution in [0.4, 0.5) is 0 Å². The molecule has 34 heavy (non-hydrogen) atoms. The molecule has 8 heteroatoms. The van der Waals surface area contributed by atoms with E-state index in [1.54, 1.807) is 26.0 Å². The lowest BCUT2D eigenvalue weighted by Gasteiger charge is -2.18. The number of ether oxygens (including phenoxy) is 2. The molecule has 0 saturated carbocycles. The average molecular weight is 682 g/mol. The zero-order valence-electron chi connectivity index (χ0n) is 18.3. The predicted molar refractivity (Wildman–Crippen MR) is 148 cm³/mol. The number of hydrogen-bond donors (Lipinski definition) is 2. The van der Waals surface area contributed by atoms with Gasteiger partial charge in [0.2, 0.25) is 0 Å². The Kier molecular flexibility index (Phi) is 7.17. The first-order valence-electron chi connectivity index (χ1n) is 10.5. The van der Waals surface area contributed by atoms with Crippen molar-refractivity contribution in [3.63, 3.8) is 0 Å². The molecule has 0 fully saturated rings. The summed E-state index contributed by atoms with van der Waals surface area (Å²) >= 11 is 4.33. The molecule has 4 rings (SSSR count). The number of esters is 2. The highest BCUT2D eigenvalue weighted by atomic mass is 127. The third-order valence-electron chi connectivity index (χ3n) is 5.39. The van der Waals surface area contributed by atoms with Crippen molar-refractivity contribution in [3.8, 4) is 22.6 Å². The van der Waals surface area contributed by atoms with Crippen LogP contribution in [-0.2, 0) is 9.47 Å². The second-order valence-corrected chi connectivity index (χ2v) is 9.96. The smallest absolute Gasteiger partial charge is 0.341 e. The van der Waals surface area contributed by atoms with Crippen molar-refractivity contribution in [2.45, 2.75) is 13.8 Å². The van der Waals surface area contributed by atoms with Crippen LogP contribution in [0.15, 0.2) is 48.5 Å². The summed E-state index contributed by atoms with van der Waals surface area (Å²) in [6, 6.07) is 14.3. The van der Waals surface area contributed by atoms with Gasteiger partial charge >= 0.3 is 11.9 Å². The molecule has 0 aromatic heterocycles. The molecule has 0 amide bonds.